The molecule has 2 unspecified atom stereocenters. The molecule has 0 spiro atoms. The standard InChI is InChI=1S/C17H15FO2S/c1-10-5-12-8-20-16(19)17(12,6-10)7-11-9-21-15-13(11)3-2-4-14(15)18/h2-4,9,12H,1,5-8H2. The second-order valence-corrected chi connectivity index (χ2v) is 7.02. The molecule has 2 aromatic rings. The Hall–Kier alpha value is -1.68. The Kier molecular flexibility index (Phi) is 2.73. The van der Waals surface area contributed by atoms with Crippen LogP contribution in [0.5, 0.6) is 0 Å². The first-order valence-electron chi connectivity index (χ1n) is 7.08. The summed E-state index contributed by atoms with van der Waals surface area (Å²) < 4.78 is 19.8. The summed E-state index contributed by atoms with van der Waals surface area (Å²) in [4.78, 5) is 12.3. The zero-order valence-corrected chi connectivity index (χ0v) is 12.3. The van der Waals surface area contributed by atoms with Crippen molar-refractivity contribution in [2.24, 2.45) is 11.3 Å². The lowest BCUT2D eigenvalue weighted by atomic mass is 9.75. The molecule has 0 N–H and O–H groups in total. The first-order chi connectivity index (χ1) is 10.1. The van der Waals surface area contributed by atoms with Gasteiger partial charge in [-0.2, -0.15) is 0 Å². The molecule has 1 saturated carbocycles. The molecule has 2 fully saturated rings. The van der Waals surface area contributed by atoms with Gasteiger partial charge in [0.25, 0.3) is 0 Å². The van der Waals surface area contributed by atoms with Crippen molar-refractivity contribution in [1.82, 2.24) is 0 Å². The van der Waals surface area contributed by atoms with Crippen molar-refractivity contribution >= 4 is 27.4 Å². The molecule has 2 heterocycles. The van der Waals surface area contributed by atoms with Gasteiger partial charge in [-0.15, -0.1) is 11.3 Å². The van der Waals surface area contributed by atoms with Gasteiger partial charge in [-0.25, -0.2) is 4.39 Å². The number of benzene rings is 1. The predicted octanol–water partition coefficient (Wildman–Crippen LogP) is 4.09. The van der Waals surface area contributed by atoms with Crippen molar-refractivity contribution in [1.29, 1.82) is 0 Å². The summed E-state index contributed by atoms with van der Waals surface area (Å²) in [6.45, 7) is 4.55. The fourth-order valence-corrected chi connectivity index (χ4v) is 4.79. The Labute approximate surface area is 126 Å². The van der Waals surface area contributed by atoms with E-state index in [4.69, 9.17) is 4.74 Å². The molecule has 2 aliphatic rings. The molecule has 108 valence electrons. The zero-order valence-electron chi connectivity index (χ0n) is 11.5. The normalized spacial score (nSPS) is 28.1. The highest BCUT2D eigenvalue weighted by Gasteiger charge is 2.56. The molecule has 0 bridgehead atoms. The molecule has 1 aromatic heterocycles. The molecular weight excluding hydrogens is 287 g/mol. The fraction of sp³-hybridized carbons (Fsp3) is 0.353. The maximum absolute atomic E-state index is 13.8. The minimum atomic E-state index is -0.475. The second kappa shape index (κ2) is 4.41. The van der Waals surface area contributed by atoms with Crippen LogP contribution >= 0.6 is 11.3 Å². The molecule has 2 atom stereocenters. The van der Waals surface area contributed by atoms with Crippen LogP contribution in [-0.2, 0) is 16.0 Å². The van der Waals surface area contributed by atoms with E-state index in [9.17, 15) is 9.18 Å². The number of rotatable bonds is 2. The summed E-state index contributed by atoms with van der Waals surface area (Å²) in [6.07, 6.45) is 2.18. The van der Waals surface area contributed by atoms with E-state index in [1.165, 1.54) is 17.4 Å². The van der Waals surface area contributed by atoms with Gasteiger partial charge in [0.1, 0.15) is 5.82 Å². The lowest BCUT2D eigenvalue weighted by Crippen LogP contribution is -2.31. The number of hydrogen-bond donors (Lipinski definition) is 0. The topological polar surface area (TPSA) is 26.3 Å². The van der Waals surface area contributed by atoms with Gasteiger partial charge in [0, 0.05) is 5.92 Å². The highest BCUT2D eigenvalue weighted by molar-refractivity contribution is 7.17. The summed E-state index contributed by atoms with van der Waals surface area (Å²) in [5.41, 5.74) is 1.70. The van der Waals surface area contributed by atoms with Gasteiger partial charge >= 0.3 is 5.97 Å². The van der Waals surface area contributed by atoms with Crippen molar-refractivity contribution in [2.75, 3.05) is 6.61 Å². The average Bonchev–Trinajstić information content (AvgIpc) is 3.07. The van der Waals surface area contributed by atoms with Gasteiger partial charge in [0.05, 0.1) is 16.7 Å². The number of esters is 1. The van der Waals surface area contributed by atoms with Gasteiger partial charge in [0.2, 0.25) is 0 Å². The summed E-state index contributed by atoms with van der Waals surface area (Å²) in [5, 5.41) is 2.90. The number of carbonyl (C=O) groups is 1. The van der Waals surface area contributed by atoms with E-state index in [1.54, 1.807) is 6.07 Å². The number of hydrogen-bond acceptors (Lipinski definition) is 3. The summed E-state index contributed by atoms with van der Waals surface area (Å²) in [6, 6.07) is 5.13. The van der Waals surface area contributed by atoms with Crippen LogP contribution < -0.4 is 0 Å². The number of ether oxygens (including phenoxy) is 1. The van der Waals surface area contributed by atoms with E-state index in [1.807, 2.05) is 11.4 Å². The number of fused-ring (bicyclic) bond motifs is 2. The fourth-order valence-electron chi connectivity index (χ4n) is 3.81. The Morgan fingerprint density at radius 3 is 3.19 bits per heavy atom. The number of halogens is 1. The number of carbonyl (C=O) groups excluding carboxylic acids is 1. The quantitative estimate of drug-likeness (QED) is 0.617. The van der Waals surface area contributed by atoms with Crippen LogP contribution in [0.2, 0.25) is 0 Å². The molecule has 2 nitrogen and oxygen atoms in total. The third-order valence-corrected chi connectivity index (χ3v) is 5.89. The van der Waals surface area contributed by atoms with Gasteiger partial charge in [-0.3, -0.25) is 4.79 Å². The monoisotopic (exact) mass is 302 g/mol. The third-order valence-electron chi connectivity index (χ3n) is 4.84. The minimum absolute atomic E-state index is 0.109. The number of allylic oxidation sites excluding steroid dienone is 1. The third kappa shape index (κ3) is 1.78. The maximum Gasteiger partial charge on any atom is 0.313 e. The van der Waals surface area contributed by atoms with Crippen LogP contribution in [0.4, 0.5) is 4.39 Å². The summed E-state index contributed by atoms with van der Waals surface area (Å²) >= 11 is 1.41. The number of thiophene rings is 1. The first-order valence-corrected chi connectivity index (χ1v) is 7.96. The van der Waals surface area contributed by atoms with E-state index in [0.29, 0.717) is 24.1 Å². The second-order valence-electron chi connectivity index (χ2n) is 6.14. The molecule has 1 aromatic carbocycles. The van der Waals surface area contributed by atoms with Crippen LogP contribution in [0.15, 0.2) is 35.7 Å². The van der Waals surface area contributed by atoms with Crippen LogP contribution in [0.25, 0.3) is 10.1 Å². The molecule has 1 aliphatic carbocycles. The molecule has 1 saturated heterocycles. The van der Waals surface area contributed by atoms with Crippen molar-refractivity contribution in [3.63, 3.8) is 0 Å². The van der Waals surface area contributed by atoms with Crippen LogP contribution in [0.3, 0.4) is 0 Å². The van der Waals surface area contributed by atoms with Gasteiger partial charge in [-0.05, 0) is 41.7 Å². The summed E-state index contributed by atoms with van der Waals surface area (Å²) in [7, 11) is 0. The maximum atomic E-state index is 13.8. The first kappa shape index (κ1) is 13.0. The van der Waals surface area contributed by atoms with Crippen molar-refractivity contribution < 1.29 is 13.9 Å². The Morgan fingerprint density at radius 1 is 1.48 bits per heavy atom. The van der Waals surface area contributed by atoms with Gasteiger partial charge in [-0.1, -0.05) is 24.3 Å². The van der Waals surface area contributed by atoms with E-state index in [0.717, 1.165) is 22.9 Å². The van der Waals surface area contributed by atoms with Crippen molar-refractivity contribution in [3.8, 4) is 0 Å². The van der Waals surface area contributed by atoms with Crippen LogP contribution in [0.1, 0.15) is 18.4 Å². The molecule has 21 heavy (non-hydrogen) atoms. The average molecular weight is 302 g/mol. The van der Waals surface area contributed by atoms with Crippen molar-refractivity contribution in [2.45, 2.75) is 19.3 Å². The Bertz CT molecular complexity index is 763. The minimum Gasteiger partial charge on any atom is -0.465 e. The molecule has 4 heteroatoms. The van der Waals surface area contributed by atoms with Gasteiger partial charge < -0.3 is 4.74 Å². The SMILES string of the molecule is C=C1CC2COC(=O)C2(Cc2csc3c(F)cccc23)C1. The Morgan fingerprint density at radius 2 is 2.33 bits per heavy atom. The molecule has 0 radical (unpaired) electrons. The lowest BCUT2D eigenvalue weighted by molar-refractivity contribution is -0.146. The van der Waals surface area contributed by atoms with Crippen molar-refractivity contribution in [3.05, 3.63) is 47.1 Å². The molecule has 0 amide bonds. The molecule has 1 aliphatic heterocycles. The van der Waals surface area contributed by atoms with E-state index < -0.39 is 5.41 Å². The highest BCUT2D eigenvalue weighted by Crippen LogP contribution is 2.53. The smallest absolute Gasteiger partial charge is 0.313 e. The highest BCUT2D eigenvalue weighted by atomic mass is 32.1. The molecule has 4 rings (SSSR count). The van der Waals surface area contributed by atoms with E-state index >= 15 is 0 Å². The van der Waals surface area contributed by atoms with Gasteiger partial charge in [0.15, 0.2) is 0 Å². The molecular formula is C17H15FO2S. The van der Waals surface area contributed by atoms with E-state index in [2.05, 4.69) is 6.58 Å². The predicted molar refractivity (Wildman–Crippen MR) is 80.7 cm³/mol. The lowest BCUT2D eigenvalue weighted by Gasteiger charge is -2.23. The van der Waals surface area contributed by atoms with E-state index in [-0.39, 0.29) is 17.7 Å². The Balaban J connectivity index is 1.78. The largest absolute Gasteiger partial charge is 0.465 e. The van der Waals surface area contributed by atoms with Crippen LogP contribution in [-0.4, -0.2) is 12.6 Å². The summed E-state index contributed by atoms with van der Waals surface area (Å²) in [5.74, 6) is -0.0782. The zero-order chi connectivity index (χ0) is 14.6. The van der Waals surface area contributed by atoms with Crippen LogP contribution in [0, 0.1) is 17.2 Å². The number of cyclic esters (lactones) is 1.